The molecule has 0 spiro atoms. The Hall–Kier alpha value is -2.51. The summed E-state index contributed by atoms with van der Waals surface area (Å²) < 4.78 is 5.31. The first-order valence-corrected chi connectivity index (χ1v) is 6.70. The summed E-state index contributed by atoms with van der Waals surface area (Å²) in [6.45, 7) is 4.10. The van der Waals surface area contributed by atoms with Crippen LogP contribution in [0.3, 0.4) is 0 Å². The summed E-state index contributed by atoms with van der Waals surface area (Å²) in [5, 5.41) is 2.75. The van der Waals surface area contributed by atoms with E-state index in [1.54, 1.807) is 0 Å². The highest BCUT2D eigenvalue weighted by Gasteiger charge is 2.62. The molecule has 2 amide bonds. The minimum atomic E-state index is -0.801. The molecule has 5 rings (SSSR count). The van der Waals surface area contributed by atoms with Crippen LogP contribution in [0.5, 0.6) is 0 Å². The van der Waals surface area contributed by atoms with Gasteiger partial charge in [-0.1, -0.05) is 6.58 Å². The second kappa shape index (κ2) is 4.00. The number of nitrogens with one attached hydrogen (secondary N) is 1. The number of rotatable bonds is 2. The van der Waals surface area contributed by atoms with Crippen molar-refractivity contribution in [1.29, 1.82) is 0 Å². The lowest BCUT2D eigenvalue weighted by Crippen LogP contribution is -2.70. The number of ether oxygens (including phenoxy) is 1. The molecule has 1 N–H and O–H groups in total. The quantitative estimate of drug-likeness (QED) is 0.832. The molecule has 2 bridgehead atoms. The van der Waals surface area contributed by atoms with Gasteiger partial charge in [-0.2, -0.15) is 0 Å². The van der Waals surface area contributed by atoms with E-state index in [4.69, 9.17) is 4.74 Å². The zero-order valence-corrected chi connectivity index (χ0v) is 11.2. The van der Waals surface area contributed by atoms with E-state index in [1.807, 2.05) is 0 Å². The molecule has 0 radical (unpaired) electrons. The molecule has 4 fully saturated rings. The second-order valence-electron chi connectivity index (χ2n) is 5.60. The summed E-state index contributed by atoms with van der Waals surface area (Å²) in [5.74, 6) is 0.462. The Morgan fingerprint density at radius 3 is 2.71 bits per heavy atom. The number of nitrogens with zero attached hydrogens (tertiary/aromatic N) is 4. The van der Waals surface area contributed by atoms with Crippen LogP contribution in [0.2, 0.25) is 0 Å². The third-order valence-corrected chi connectivity index (χ3v) is 4.49. The summed E-state index contributed by atoms with van der Waals surface area (Å²) in [5.41, 5.74) is -0.0616. The molecule has 3 saturated heterocycles. The molecule has 21 heavy (non-hydrogen) atoms. The standard InChI is InChI=1S/C13H13N5O3/c1-7-8-2-13(3-8,11(19)17-7)18-4-9(21-12(18)20)10-15-5-14-6-16-10/h5-6,8-9H,1-4H2,(H,17,19). The highest BCUT2D eigenvalue weighted by atomic mass is 16.6. The summed E-state index contributed by atoms with van der Waals surface area (Å²) in [6.07, 6.45) is 2.86. The predicted octanol–water partition coefficient (Wildman–Crippen LogP) is 0.157. The van der Waals surface area contributed by atoms with Crippen LogP contribution in [0.25, 0.3) is 0 Å². The molecule has 1 unspecified atom stereocenters. The van der Waals surface area contributed by atoms with Gasteiger partial charge in [-0.15, -0.1) is 0 Å². The Labute approximate surface area is 120 Å². The van der Waals surface area contributed by atoms with Gasteiger partial charge in [0.05, 0.1) is 6.54 Å². The van der Waals surface area contributed by atoms with E-state index in [2.05, 4.69) is 26.8 Å². The summed E-state index contributed by atoms with van der Waals surface area (Å²) in [4.78, 5) is 37.7. The molecule has 0 aromatic carbocycles. The maximum absolute atomic E-state index is 12.3. The molecule has 4 aliphatic rings. The van der Waals surface area contributed by atoms with Crippen molar-refractivity contribution in [3.8, 4) is 0 Å². The van der Waals surface area contributed by atoms with E-state index in [0.717, 1.165) is 5.70 Å². The minimum Gasteiger partial charge on any atom is -0.436 e. The van der Waals surface area contributed by atoms with Crippen LogP contribution in [0.15, 0.2) is 24.9 Å². The highest BCUT2D eigenvalue weighted by Crippen LogP contribution is 2.50. The van der Waals surface area contributed by atoms with Gasteiger partial charge in [0.2, 0.25) is 5.91 Å². The first-order valence-electron chi connectivity index (χ1n) is 6.70. The first kappa shape index (κ1) is 12.2. The largest absolute Gasteiger partial charge is 0.436 e. The van der Waals surface area contributed by atoms with Crippen molar-refractivity contribution >= 4 is 12.0 Å². The van der Waals surface area contributed by atoms with Gasteiger partial charge < -0.3 is 10.1 Å². The summed E-state index contributed by atoms with van der Waals surface area (Å²) >= 11 is 0. The van der Waals surface area contributed by atoms with Gasteiger partial charge in [-0.25, -0.2) is 19.7 Å². The second-order valence-corrected chi connectivity index (χ2v) is 5.60. The topological polar surface area (TPSA) is 97.3 Å². The average molecular weight is 287 g/mol. The Balaban J connectivity index is 1.59. The summed E-state index contributed by atoms with van der Waals surface area (Å²) in [6, 6.07) is 0. The zero-order valence-electron chi connectivity index (χ0n) is 11.2. The number of hydrogen-bond acceptors (Lipinski definition) is 6. The Kier molecular flexibility index (Phi) is 2.33. The maximum Gasteiger partial charge on any atom is 0.411 e. The molecular formula is C13H13N5O3. The van der Waals surface area contributed by atoms with Crippen LogP contribution < -0.4 is 5.32 Å². The average Bonchev–Trinajstić information content (AvgIpc) is 2.81. The van der Waals surface area contributed by atoms with Gasteiger partial charge in [0.15, 0.2) is 11.9 Å². The van der Waals surface area contributed by atoms with Crippen molar-refractivity contribution in [1.82, 2.24) is 25.2 Å². The number of carbonyl (C=O) groups excluding carboxylic acids is 2. The number of carbonyl (C=O) groups is 2. The molecule has 8 heteroatoms. The van der Waals surface area contributed by atoms with E-state index in [9.17, 15) is 9.59 Å². The van der Waals surface area contributed by atoms with E-state index in [-0.39, 0.29) is 18.4 Å². The molecular weight excluding hydrogens is 274 g/mol. The number of allylic oxidation sites excluding steroid dienone is 1. The van der Waals surface area contributed by atoms with E-state index in [1.165, 1.54) is 17.6 Å². The van der Waals surface area contributed by atoms with Crippen LogP contribution >= 0.6 is 0 Å². The van der Waals surface area contributed by atoms with Crippen molar-refractivity contribution in [2.75, 3.05) is 6.54 Å². The predicted molar refractivity (Wildman–Crippen MR) is 68.5 cm³/mol. The monoisotopic (exact) mass is 287 g/mol. The number of amides is 2. The lowest BCUT2D eigenvalue weighted by Gasteiger charge is -2.54. The van der Waals surface area contributed by atoms with Crippen molar-refractivity contribution in [3.63, 3.8) is 0 Å². The SMILES string of the molecule is C=C1NC(=O)C2(N3CC(c4ncncn4)OC3=O)CC1C2. The van der Waals surface area contributed by atoms with Crippen molar-refractivity contribution in [2.24, 2.45) is 5.92 Å². The molecule has 8 nitrogen and oxygen atoms in total. The Morgan fingerprint density at radius 1 is 1.33 bits per heavy atom. The molecule has 1 saturated carbocycles. The van der Waals surface area contributed by atoms with Crippen molar-refractivity contribution in [2.45, 2.75) is 24.5 Å². The van der Waals surface area contributed by atoms with Crippen LogP contribution in [-0.4, -0.2) is 43.9 Å². The highest BCUT2D eigenvalue weighted by molar-refractivity contribution is 5.94. The van der Waals surface area contributed by atoms with E-state index >= 15 is 0 Å². The fraction of sp³-hybridized carbons (Fsp3) is 0.462. The molecule has 108 valence electrons. The Morgan fingerprint density at radius 2 is 2.05 bits per heavy atom. The van der Waals surface area contributed by atoms with E-state index < -0.39 is 17.7 Å². The number of aromatic nitrogens is 3. The Bertz CT molecular complexity index is 640. The molecule has 1 atom stereocenters. The van der Waals surface area contributed by atoms with E-state index in [0.29, 0.717) is 18.7 Å². The smallest absolute Gasteiger partial charge is 0.411 e. The molecule has 1 aromatic heterocycles. The van der Waals surface area contributed by atoms with Crippen molar-refractivity contribution in [3.05, 3.63) is 30.8 Å². The number of hydrogen-bond donors (Lipinski definition) is 1. The minimum absolute atomic E-state index is 0.178. The fourth-order valence-corrected chi connectivity index (χ4v) is 3.26. The molecule has 1 aromatic rings. The molecule has 1 aliphatic carbocycles. The maximum atomic E-state index is 12.3. The van der Waals surface area contributed by atoms with Crippen molar-refractivity contribution < 1.29 is 14.3 Å². The molecule has 3 aliphatic heterocycles. The van der Waals surface area contributed by atoms with Gasteiger partial charge >= 0.3 is 6.09 Å². The van der Waals surface area contributed by atoms with Gasteiger partial charge in [-0.3, -0.25) is 9.69 Å². The number of fused-ring (bicyclic) bond motifs is 2. The normalized spacial score (nSPS) is 34.3. The van der Waals surface area contributed by atoms with Gasteiger partial charge in [0.25, 0.3) is 0 Å². The van der Waals surface area contributed by atoms with Crippen LogP contribution in [0.1, 0.15) is 24.8 Å². The third kappa shape index (κ3) is 1.58. The number of cyclic esters (lactones) is 1. The van der Waals surface area contributed by atoms with Crippen LogP contribution in [0, 0.1) is 5.92 Å². The zero-order chi connectivity index (χ0) is 14.6. The van der Waals surface area contributed by atoms with Gasteiger partial charge in [-0.05, 0) is 12.8 Å². The third-order valence-electron chi connectivity index (χ3n) is 4.49. The molecule has 4 heterocycles. The number of piperidine rings is 2. The lowest BCUT2D eigenvalue weighted by atomic mass is 9.62. The van der Waals surface area contributed by atoms with Crippen LogP contribution in [0.4, 0.5) is 4.79 Å². The fourth-order valence-electron chi connectivity index (χ4n) is 3.26. The van der Waals surface area contributed by atoms with Gasteiger partial charge in [0.1, 0.15) is 18.2 Å². The van der Waals surface area contributed by atoms with Crippen LogP contribution in [-0.2, 0) is 9.53 Å². The van der Waals surface area contributed by atoms with Gasteiger partial charge in [0, 0.05) is 11.6 Å². The first-order chi connectivity index (χ1) is 10.1. The lowest BCUT2D eigenvalue weighted by molar-refractivity contribution is -0.143. The summed E-state index contributed by atoms with van der Waals surface area (Å²) in [7, 11) is 0.